The molecule has 2 N–H and O–H groups in total. The zero-order valence-electron chi connectivity index (χ0n) is 10.4. The van der Waals surface area contributed by atoms with Crippen LogP contribution in [0.2, 0.25) is 0 Å². The number of pyridine rings is 1. The van der Waals surface area contributed by atoms with E-state index in [2.05, 4.69) is 29.8 Å². The van der Waals surface area contributed by atoms with Gasteiger partial charge in [-0.3, -0.25) is 9.88 Å². The van der Waals surface area contributed by atoms with Crippen LogP contribution in [-0.4, -0.2) is 27.5 Å². The molecule has 2 rings (SSSR count). The Morgan fingerprint density at radius 2 is 2.35 bits per heavy atom. The predicted octanol–water partition coefficient (Wildman–Crippen LogP) is 1.95. The molecule has 4 heteroatoms. The molecule has 92 valence electrons. The molecule has 1 fully saturated rings. The number of rotatable bonds is 3. The second-order valence-corrected chi connectivity index (χ2v) is 5.43. The molecular weight excluding hydrogens is 230 g/mol. The molecule has 1 aromatic heterocycles. The van der Waals surface area contributed by atoms with Crippen molar-refractivity contribution in [3.63, 3.8) is 0 Å². The summed E-state index contributed by atoms with van der Waals surface area (Å²) in [5.74, 6) is 0.773. The van der Waals surface area contributed by atoms with E-state index in [1.54, 1.807) is 6.20 Å². The first-order valence-electron chi connectivity index (χ1n) is 6.05. The molecule has 0 saturated carbocycles. The fraction of sp³-hybridized carbons (Fsp3) is 0.538. The highest BCUT2D eigenvalue weighted by Gasteiger charge is 2.26. The van der Waals surface area contributed by atoms with Crippen LogP contribution in [0, 0.1) is 5.92 Å². The van der Waals surface area contributed by atoms with Gasteiger partial charge in [-0.2, -0.15) is 0 Å². The van der Waals surface area contributed by atoms with Crippen molar-refractivity contribution in [3.05, 3.63) is 29.6 Å². The summed E-state index contributed by atoms with van der Waals surface area (Å²) in [6.07, 6.45) is 3.01. The maximum absolute atomic E-state index is 5.70. The van der Waals surface area contributed by atoms with Gasteiger partial charge < -0.3 is 5.73 Å². The average Bonchev–Trinajstić information content (AvgIpc) is 2.58. The minimum atomic E-state index is 0.389. The highest BCUT2D eigenvalue weighted by molar-refractivity contribution is 7.80. The Bertz CT molecular complexity index is 419. The van der Waals surface area contributed by atoms with Crippen molar-refractivity contribution >= 4 is 17.2 Å². The molecule has 1 aromatic rings. The molecule has 2 unspecified atom stereocenters. The van der Waals surface area contributed by atoms with Crippen LogP contribution in [0.1, 0.15) is 31.5 Å². The van der Waals surface area contributed by atoms with Gasteiger partial charge >= 0.3 is 0 Å². The molecule has 0 amide bonds. The summed E-state index contributed by atoms with van der Waals surface area (Å²) in [4.78, 5) is 7.14. The summed E-state index contributed by atoms with van der Waals surface area (Å²) in [6, 6.07) is 4.64. The Hall–Kier alpha value is -1.00. The number of likely N-dealkylation sites (tertiary alicyclic amines) is 1. The number of hydrogen-bond donors (Lipinski definition) is 1. The lowest BCUT2D eigenvalue weighted by Gasteiger charge is -2.21. The van der Waals surface area contributed by atoms with Crippen LogP contribution in [0.15, 0.2) is 18.3 Å². The molecule has 0 aromatic carbocycles. The summed E-state index contributed by atoms with van der Waals surface area (Å²) in [6.45, 7) is 6.62. The first-order chi connectivity index (χ1) is 8.08. The van der Waals surface area contributed by atoms with Crippen molar-refractivity contribution < 1.29 is 0 Å². The Morgan fingerprint density at radius 1 is 1.59 bits per heavy atom. The molecule has 0 radical (unpaired) electrons. The predicted molar refractivity (Wildman–Crippen MR) is 73.8 cm³/mol. The number of nitrogens with two attached hydrogens (primary N) is 1. The van der Waals surface area contributed by atoms with Crippen molar-refractivity contribution in [2.75, 3.05) is 6.54 Å². The number of thiocarbonyl (C=S) groups is 1. The minimum Gasteiger partial charge on any atom is -0.388 e. The van der Waals surface area contributed by atoms with Gasteiger partial charge in [0.05, 0.1) is 0 Å². The van der Waals surface area contributed by atoms with E-state index in [0.29, 0.717) is 11.0 Å². The highest BCUT2D eigenvalue weighted by Crippen LogP contribution is 2.24. The van der Waals surface area contributed by atoms with Crippen molar-refractivity contribution in [3.8, 4) is 0 Å². The fourth-order valence-corrected chi connectivity index (χ4v) is 2.80. The molecule has 2 heterocycles. The maximum Gasteiger partial charge on any atom is 0.123 e. The second-order valence-electron chi connectivity index (χ2n) is 4.99. The molecule has 0 spiro atoms. The average molecular weight is 249 g/mol. The van der Waals surface area contributed by atoms with Gasteiger partial charge in [0, 0.05) is 25.3 Å². The lowest BCUT2D eigenvalue weighted by Crippen LogP contribution is -2.28. The summed E-state index contributed by atoms with van der Waals surface area (Å²) in [7, 11) is 0. The normalized spacial score (nSPS) is 25.1. The van der Waals surface area contributed by atoms with Crippen molar-refractivity contribution in [1.82, 2.24) is 9.88 Å². The van der Waals surface area contributed by atoms with Crippen LogP contribution in [-0.2, 0) is 6.54 Å². The third-order valence-corrected chi connectivity index (χ3v) is 3.60. The molecule has 2 atom stereocenters. The Kier molecular flexibility index (Phi) is 3.74. The van der Waals surface area contributed by atoms with Gasteiger partial charge in [-0.25, -0.2) is 0 Å². The van der Waals surface area contributed by atoms with Crippen molar-refractivity contribution in [2.24, 2.45) is 11.7 Å². The largest absolute Gasteiger partial charge is 0.388 e. The smallest absolute Gasteiger partial charge is 0.123 e. The van der Waals surface area contributed by atoms with Gasteiger partial charge in [0.15, 0.2) is 0 Å². The maximum atomic E-state index is 5.70. The van der Waals surface area contributed by atoms with Gasteiger partial charge in [0.2, 0.25) is 0 Å². The number of hydrogen-bond acceptors (Lipinski definition) is 3. The van der Waals surface area contributed by atoms with Crippen LogP contribution in [0.25, 0.3) is 0 Å². The standard InChI is InChI=1S/C13H19N3S/c1-9-6-10(2)16(7-9)8-11-4-3-5-15-12(11)13(14)17/h3-5,9-10H,6-8H2,1-2H3,(H2,14,17). The Labute approximate surface area is 108 Å². The zero-order chi connectivity index (χ0) is 12.4. The monoisotopic (exact) mass is 249 g/mol. The summed E-state index contributed by atoms with van der Waals surface area (Å²) in [5.41, 5.74) is 7.61. The van der Waals surface area contributed by atoms with E-state index >= 15 is 0 Å². The zero-order valence-corrected chi connectivity index (χ0v) is 11.2. The van der Waals surface area contributed by atoms with Gasteiger partial charge in [-0.1, -0.05) is 25.2 Å². The van der Waals surface area contributed by atoms with Crippen LogP contribution >= 0.6 is 12.2 Å². The summed E-state index contributed by atoms with van der Waals surface area (Å²) in [5, 5.41) is 0. The number of aromatic nitrogens is 1. The van der Waals surface area contributed by atoms with Crippen molar-refractivity contribution in [2.45, 2.75) is 32.9 Å². The molecule has 1 aliphatic heterocycles. The van der Waals surface area contributed by atoms with Crippen LogP contribution in [0.3, 0.4) is 0 Å². The molecule has 0 bridgehead atoms. The lowest BCUT2D eigenvalue weighted by atomic mass is 10.1. The van der Waals surface area contributed by atoms with E-state index in [0.717, 1.165) is 30.3 Å². The molecule has 3 nitrogen and oxygen atoms in total. The second kappa shape index (κ2) is 5.10. The lowest BCUT2D eigenvalue weighted by molar-refractivity contribution is 0.256. The van der Waals surface area contributed by atoms with Gasteiger partial charge in [0.1, 0.15) is 10.7 Å². The fourth-order valence-electron chi connectivity index (χ4n) is 2.61. The molecular formula is C13H19N3S. The highest BCUT2D eigenvalue weighted by atomic mass is 32.1. The van der Waals surface area contributed by atoms with E-state index in [1.165, 1.54) is 6.42 Å². The first-order valence-corrected chi connectivity index (χ1v) is 6.46. The quantitative estimate of drug-likeness (QED) is 0.831. The van der Waals surface area contributed by atoms with Crippen molar-refractivity contribution in [1.29, 1.82) is 0 Å². The summed E-state index contributed by atoms with van der Waals surface area (Å²) < 4.78 is 0. The SMILES string of the molecule is CC1CC(C)N(Cc2cccnc2C(N)=S)C1. The molecule has 17 heavy (non-hydrogen) atoms. The molecule has 1 aliphatic rings. The Morgan fingerprint density at radius 3 is 2.94 bits per heavy atom. The van der Waals surface area contributed by atoms with E-state index in [4.69, 9.17) is 18.0 Å². The number of nitrogens with zero attached hydrogens (tertiary/aromatic N) is 2. The van der Waals surface area contributed by atoms with E-state index in [-0.39, 0.29) is 0 Å². The van der Waals surface area contributed by atoms with Crippen LogP contribution < -0.4 is 5.73 Å². The van der Waals surface area contributed by atoms with Crippen LogP contribution in [0.4, 0.5) is 0 Å². The third kappa shape index (κ3) is 2.82. The summed E-state index contributed by atoms with van der Waals surface area (Å²) >= 11 is 5.04. The molecule has 0 aliphatic carbocycles. The first kappa shape index (κ1) is 12.5. The van der Waals surface area contributed by atoms with Gasteiger partial charge in [-0.05, 0) is 30.9 Å². The third-order valence-electron chi connectivity index (χ3n) is 3.41. The van der Waals surface area contributed by atoms with E-state index in [1.807, 2.05) is 6.07 Å². The van der Waals surface area contributed by atoms with E-state index in [9.17, 15) is 0 Å². The van der Waals surface area contributed by atoms with Crippen LogP contribution in [0.5, 0.6) is 0 Å². The minimum absolute atomic E-state index is 0.389. The van der Waals surface area contributed by atoms with Gasteiger partial charge in [-0.15, -0.1) is 0 Å². The van der Waals surface area contributed by atoms with E-state index < -0.39 is 0 Å². The molecule has 1 saturated heterocycles. The Balaban J connectivity index is 2.16. The van der Waals surface area contributed by atoms with Gasteiger partial charge in [0.25, 0.3) is 0 Å². The topological polar surface area (TPSA) is 42.2 Å².